The minimum atomic E-state index is -0.810. The molecule has 0 fully saturated rings. The fraction of sp³-hybridized carbons (Fsp3) is 0.318. The SMILES string of the molecule is CCCC(Oc1ccc(-n2cnc(C)n2)cc1)c1ccc(NCCC(=O)O)cc1. The summed E-state index contributed by atoms with van der Waals surface area (Å²) in [5.74, 6) is 0.720. The molecule has 0 bridgehead atoms. The summed E-state index contributed by atoms with van der Waals surface area (Å²) in [6.07, 6.45) is 3.63. The summed E-state index contributed by atoms with van der Waals surface area (Å²) in [5.41, 5.74) is 2.92. The van der Waals surface area contributed by atoms with Crippen LogP contribution in [0.4, 0.5) is 5.69 Å². The average Bonchev–Trinajstić information content (AvgIpc) is 3.15. The zero-order valence-corrected chi connectivity index (χ0v) is 16.7. The van der Waals surface area contributed by atoms with Crippen molar-refractivity contribution in [3.63, 3.8) is 0 Å². The fourth-order valence-corrected chi connectivity index (χ4v) is 3.00. The van der Waals surface area contributed by atoms with Gasteiger partial charge in [0.25, 0.3) is 0 Å². The molecule has 1 atom stereocenters. The van der Waals surface area contributed by atoms with E-state index in [-0.39, 0.29) is 12.5 Å². The molecule has 1 aromatic heterocycles. The Morgan fingerprint density at radius 3 is 2.48 bits per heavy atom. The summed E-state index contributed by atoms with van der Waals surface area (Å²) in [6, 6.07) is 15.8. The number of hydrogen-bond donors (Lipinski definition) is 2. The number of benzene rings is 2. The number of nitrogens with one attached hydrogen (secondary N) is 1. The second-order valence-corrected chi connectivity index (χ2v) is 6.82. The Morgan fingerprint density at radius 2 is 1.90 bits per heavy atom. The number of carboxylic acids is 1. The lowest BCUT2D eigenvalue weighted by molar-refractivity contribution is -0.136. The first-order chi connectivity index (χ1) is 14.0. The van der Waals surface area contributed by atoms with E-state index in [4.69, 9.17) is 9.84 Å². The van der Waals surface area contributed by atoms with Crippen molar-refractivity contribution in [1.29, 1.82) is 0 Å². The van der Waals surface area contributed by atoms with E-state index in [1.165, 1.54) is 0 Å². The molecule has 0 saturated carbocycles. The Hall–Kier alpha value is -3.35. The van der Waals surface area contributed by atoms with Gasteiger partial charge in [0.2, 0.25) is 0 Å². The van der Waals surface area contributed by atoms with Crippen LogP contribution in [-0.2, 0) is 4.79 Å². The van der Waals surface area contributed by atoms with Crippen LogP contribution in [-0.4, -0.2) is 32.4 Å². The van der Waals surface area contributed by atoms with Gasteiger partial charge < -0.3 is 15.2 Å². The maximum absolute atomic E-state index is 10.6. The minimum Gasteiger partial charge on any atom is -0.486 e. The van der Waals surface area contributed by atoms with Gasteiger partial charge in [-0.05, 0) is 55.3 Å². The van der Waals surface area contributed by atoms with E-state index in [1.807, 2.05) is 55.5 Å². The van der Waals surface area contributed by atoms with Crippen LogP contribution in [0.2, 0.25) is 0 Å². The molecule has 0 spiro atoms. The molecule has 2 aromatic carbocycles. The van der Waals surface area contributed by atoms with Gasteiger partial charge in [0.05, 0.1) is 12.1 Å². The number of carbonyl (C=O) groups is 1. The van der Waals surface area contributed by atoms with Crippen LogP contribution in [0, 0.1) is 6.92 Å². The van der Waals surface area contributed by atoms with E-state index in [0.717, 1.165) is 41.4 Å². The number of aliphatic carboxylic acids is 1. The van der Waals surface area contributed by atoms with Gasteiger partial charge in [-0.15, -0.1) is 0 Å². The van der Waals surface area contributed by atoms with Gasteiger partial charge in [0.1, 0.15) is 24.0 Å². The van der Waals surface area contributed by atoms with Crippen molar-refractivity contribution in [3.8, 4) is 11.4 Å². The molecule has 0 saturated heterocycles. The minimum absolute atomic E-state index is 0.0486. The van der Waals surface area contributed by atoms with Crippen molar-refractivity contribution in [2.75, 3.05) is 11.9 Å². The summed E-state index contributed by atoms with van der Waals surface area (Å²) in [4.78, 5) is 14.8. The topological polar surface area (TPSA) is 89.3 Å². The molecule has 1 unspecified atom stereocenters. The van der Waals surface area contributed by atoms with E-state index >= 15 is 0 Å². The van der Waals surface area contributed by atoms with Crippen molar-refractivity contribution < 1.29 is 14.6 Å². The first-order valence-electron chi connectivity index (χ1n) is 9.76. The van der Waals surface area contributed by atoms with Crippen LogP contribution in [0.15, 0.2) is 54.9 Å². The summed E-state index contributed by atoms with van der Waals surface area (Å²) >= 11 is 0. The lowest BCUT2D eigenvalue weighted by Gasteiger charge is -2.20. The molecule has 3 aromatic rings. The highest BCUT2D eigenvalue weighted by molar-refractivity contribution is 5.67. The van der Waals surface area contributed by atoms with Crippen LogP contribution >= 0.6 is 0 Å². The predicted octanol–water partition coefficient (Wildman–Crippen LogP) is 4.38. The monoisotopic (exact) mass is 394 g/mol. The molecular formula is C22H26N4O3. The first-order valence-corrected chi connectivity index (χ1v) is 9.76. The van der Waals surface area contributed by atoms with Crippen molar-refractivity contribution in [2.24, 2.45) is 0 Å². The predicted molar refractivity (Wildman–Crippen MR) is 112 cm³/mol. The van der Waals surface area contributed by atoms with E-state index in [1.54, 1.807) is 11.0 Å². The third-order valence-electron chi connectivity index (χ3n) is 4.49. The van der Waals surface area contributed by atoms with Gasteiger partial charge in [-0.3, -0.25) is 4.79 Å². The number of ether oxygens (including phenoxy) is 1. The van der Waals surface area contributed by atoms with E-state index in [2.05, 4.69) is 22.3 Å². The van der Waals surface area contributed by atoms with Gasteiger partial charge in [0.15, 0.2) is 0 Å². The highest BCUT2D eigenvalue weighted by Crippen LogP contribution is 2.27. The molecule has 0 amide bonds. The molecular weight excluding hydrogens is 368 g/mol. The van der Waals surface area contributed by atoms with E-state index in [0.29, 0.717) is 6.54 Å². The second-order valence-electron chi connectivity index (χ2n) is 6.82. The quantitative estimate of drug-likeness (QED) is 0.530. The number of nitrogens with zero attached hydrogens (tertiary/aromatic N) is 3. The fourth-order valence-electron chi connectivity index (χ4n) is 3.00. The van der Waals surface area contributed by atoms with Crippen LogP contribution < -0.4 is 10.1 Å². The molecule has 1 heterocycles. The number of aromatic nitrogens is 3. The van der Waals surface area contributed by atoms with Crippen molar-refractivity contribution in [1.82, 2.24) is 14.8 Å². The average molecular weight is 394 g/mol. The Morgan fingerprint density at radius 1 is 1.17 bits per heavy atom. The number of aryl methyl sites for hydroxylation is 1. The normalized spacial score (nSPS) is 11.8. The van der Waals surface area contributed by atoms with Crippen molar-refractivity contribution in [2.45, 2.75) is 39.2 Å². The Balaban J connectivity index is 1.65. The second kappa shape index (κ2) is 9.73. The summed E-state index contributed by atoms with van der Waals surface area (Å²) in [5, 5.41) is 16.2. The number of carboxylic acid groups (broad SMARTS) is 1. The van der Waals surface area contributed by atoms with Crippen molar-refractivity contribution in [3.05, 3.63) is 66.2 Å². The summed E-state index contributed by atoms with van der Waals surface area (Å²) < 4.78 is 7.98. The van der Waals surface area contributed by atoms with Crippen LogP contribution in [0.25, 0.3) is 5.69 Å². The highest BCUT2D eigenvalue weighted by Gasteiger charge is 2.13. The van der Waals surface area contributed by atoms with E-state index < -0.39 is 5.97 Å². The zero-order chi connectivity index (χ0) is 20.6. The lowest BCUT2D eigenvalue weighted by atomic mass is 10.0. The maximum Gasteiger partial charge on any atom is 0.305 e. The largest absolute Gasteiger partial charge is 0.486 e. The van der Waals surface area contributed by atoms with Gasteiger partial charge in [-0.25, -0.2) is 9.67 Å². The molecule has 0 aliphatic rings. The van der Waals surface area contributed by atoms with Gasteiger partial charge in [-0.1, -0.05) is 25.5 Å². The molecule has 7 heteroatoms. The molecule has 7 nitrogen and oxygen atoms in total. The summed E-state index contributed by atoms with van der Waals surface area (Å²) in [6.45, 7) is 4.39. The van der Waals surface area contributed by atoms with Gasteiger partial charge >= 0.3 is 5.97 Å². The lowest BCUT2D eigenvalue weighted by Crippen LogP contribution is -2.09. The highest BCUT2D eigenvalue weighted by atomic mass is 16.5. The number of hydrogen-bond acceptors (Lipinski definition) is 5. The zero-order valence-electron chi connectivity index (χ0n) is 16.7. The smallest absolute Gasteiger partial charge is 0.305 e. The van der Waals surface area contributed by atoms with Crippen molar-refractivity contribution >= 4 is 11.7 Å². The third-order valence-corrected chi connectivity index (χ3v) is 4.49. The van der Waals surface area contributed by atoms with Crippen LogP contribution in [0.5, 0.6) is 5.75 Å². The molecule has 3 rings (SSSR count). The van der Waals surface area contributed by atoms with E-state index in [9.17, 15) is 4.79 Å². The van der Waals surface area contributed by atoms with Gasteiger partial charge in [0, 0.05) is 12.2 Å². The molecule has 29 heavy (non-hydrogen) atoms. The standard InChI is InChI=1S/C22H26N4O3/c1-3-4-21(17-5-7-18(8-6-17)23-14-13-22(27)28)29-20-11-9-19(10-12-20)26-15-24-16(2)25-26/h5-12,15,21,23H,3-4,13-14H2,1-2H3,(H,27,28). The number of rotatable bonds is 10. The molecule has 152 valence electrons. The molecule has 0 aliphatic carbocycles. The summed E-state index contributed by atoms with van der Waals surface area (Å²) in [7, 11) is 0. The van der Waals surface area contributed by atoms with Gasteiger partial charge in [-0.2, -0.15) is 5.10 Å². The molecule has 2 N–H and O–H groups in total. The Labute approximate surface area is 170 Å². The van der Waals surface area contributed by atoms with Crippen LogP contribution in [0.3, 0.4) is 0 Å². The Bertz CT molecular complexity index is 920. The Kier molecular flexibility index (Phi) is 6.84. The first kappa shape index (κ1) is 20.4. The number of anilines is 1. The van der Waals surface area contributed by atoms with Crippen LogP contribution in [0.1, 0.15) is 43.7 Å². The maximum atomic E-state index is 10.6. The molecule has 0 aliphatic heterocycles. The molecule has 0 radical (unpaired) electrons. The third kappa shape index (κ3) is 5.81.